The molecule has 0 bridgehead atoms. The van der Waals surface area contributed by atoms with E-state index in [-0.39, 0.29) is 46.6 Å². The van der Waals surface area contributed by atoms with Gasteiger partial charge in [-0.3, -0.25) is 4.79 Å². The Morgan fingerprint density at radius 2 is 1.70 bits per heavy atom. The molecule has 1 amide bonds. The Morgan fingerprint density at radius 3 is 2.39 bits per heavy atom. The molecule has 0 radical (unpaired) electrons. The van der Waals surface area contributed by atoms with Gasteiger partial charge in [0, 0.05) is 6.42 Å². The molecule has 0 saturated heterocycles. The van der Waals surface area contributed by atoms with E-state index in [1.54, 1.807) is 24.3 Å². The summed E-state index contributed by atoms with van der Waals surface area (Å²) in [6.45, 7) is 0. The summed E-state index contributed by atoms with van der Waals surface area (Å²) in [5, 5.41) is 39.8. The Hall–Kier alpha value is -3.91. The first-order valence-corrected chi connectivity index (χ1v) is 10.4. The molecule has 1 aliphatic rings. The van der Waals surface area contributed by atoms with E-state index in [2.05, 4.69) is 0 Å². The Morgan fingerprint density at radius 1 is 1.00 bits per heavy atom. The number of carbonyl (C=O) groups excluding carboxylic acids is 2. The van der Waals surface area contributed by atoms with Crippen LogP contribution in [0.1, 0.15) is 22.7 Å². The van der Waals surface area contributed by atoms with Crippen molar-refractivity contribution in [3.8, 4) is 28.7 Å². The third-order valence-corrected chi connectivity index (χ3v) is 5.95. The number of hydrogen-bond donors (Lipinski definition) is 4. The Kier molecular flexibility index (Phi) is 6.02. The lowest BCUT2D eigenvalue weighted by Crippen LogP contribution is -2.49. The fraction of sp³-hybridized carbons (Fsp3) is 0.167. The normalized spacial score (nSPS) is 17.3. The number of carbonyl (C=O) groups is 2. The van der Waals surface area contributed by atoms with Crippen molar-refractivity contribution in [2.24, 2.45) is 0 Å². The zero-order chi connectivity index (χ0) is 23.7. The van der Waals surface area contributed by atoms with Crippen LogP contribution in [0.4, 0.5) is 0 Å². The number of nitrogens with zero attached hydrogens (tertiary/aromatic N) is 1. The molecule has 0 aliphatic carbocycles. The van der Waals surface area contributed by atoms with Gasteiger partial charge in [0.15, 0.2) is 23.0 Å². The second-order valence-electron chi connectivity index (χ2n) is 7.71. The largest absolute Gasteiger partial charge is 0.504 e. The molecule has 0 saturated carbocycles. The molecule has 0 spiro atoms. The number of benzene rings is 3. The highest BCUT2D eigenvalue weighted by molar-refractivity contribution is 6.32. The summed E-state index contributed by atoms with van der Waals surface area (Å²) in [7, 11) is 0. The number of rotatable bonds is 5. The van der Waals surface area contributed by atoms with Gasteiger partial charge in [0.05, 0.1) is 11.1 Å². The zero-order valence-corrected chi connectivity index (χ0v) is 17.9. The van der Waals surface area contributed by atoms with Gasteiger partial charge >= 0.3 is 5.97 Å². The van der Waals surface area contributed by atoms with Crippen LogP contribution in [0, 0.1) is 0 Å². The first kappa shape index (κ1) is 22.3. The number of esters is 1. The summed E-state index contributed by atoms with van der Waals surface area (Å²) in [6, 6.07) is 11.6. The number of aromatic hydroxyl groups is 4. The first-order valence-electron chi connectivity index (χ1n) is 10.0. The van der Waals surface area contributed by atoms with Crippen LogP contribution in [-0.4, -0.2) is 43.7 Å². The standard InChI is InChI=1S/C24H20ClNO7/c25-16-3-1-2-4-23(16)33-24(32)18-9-14-10-21(30)22(31)11-15(14)17(26(18)12-27)7-13-5-6-19(28)20(29)8-13/h1-6,8,10-12,17-18,28-31H,7,9H2/t17-,18-/m0/s1. The number of phenolic OH excluding ortho intramolecular Hbond substituents is 4. The highest BCUT2D eigenvalue weighted by Crippen LogP contribution is 2.41. The third-order valence-electron chi connectivity index (χ3n) is 5.64. The maximum Gasteiger partial charge on any atom is 0.334 e. The van der Waals surface area contributed by atoms with Crippen molar-refractivity contribution in [1.29, 1.82) is 0 Å². The molecule has 9 heteroatoms. The van der Waals surface area contributed by atoms with Crippen LogP contribution in [0.3, 0.4) is 0 Å². The SMILES string of the molecule is O=CN1[C@H](C(=O)Oc2ccccc2Cl)Cc2cc(O)c(O)cc2[C@@H]1Cc1ccc(O)c(O)c1. The summed E-state index contributed by atoms with van der Waals surface area (Å²) in [6.07, 6.45) is 0.721. The Balaban J connectivity index is 1.74. The van der Waals surface area contributed by atoms with E-state index in [9.17, 15) is 30.0 Å². The summed E-state index contributed by atoms with van der Waals surface area (Å²) < 4.78 is 5.46. The van der Waals surface area contributed by atoms with Crippen molar-refractivity contribution in [2.45, 2.75) is 24.9 Å². The minimum Gasteiger partial charge on any atom is -0.504 e. The van der Waals surface area contributed by atoms with Crippen LogP contribution in [-0.2, 0) is 22.4 Å². The molecule has 1 heterocycles. The molecule has 2 atom stereocenters. The number of phenols is 4. The lowest BCUT2D eigenvalue weighted by atomic mass is 9.85. The second-order valence-corrected chi connectivity index (χ2v) is 8.11. The summed E-state index contributed by atoms with van der Waals surface area (Å²) in [5.74, 6) is -1.91. The van der Waals surface area contributed by atoms with Gasteiger partial charge in [0.2, 0.25) is 6.41 Å². The smallest absolute Gasteiger partial charge is 0.334 e. The van der Waals surface area contributed by atoms with Gasteiger partial charge in [-0.2, -0.15) is 0 Å². The number of amides is 1. The number of fused-ring (bicyclic) bond motifs is 1. The van der Waals surface area contributed by atoms with Crippen LogP contribution in [0.5, 0.6) is 28.7 Å². The van der Waals surface area contributed by atoms with E-state index in [1.165, 1.54) is 35.2 Å². The molecular weight excluding hydrogens is 450 g/mol. The number of ether oxygens (including phenoxy) is 1. The summed E-state index contributed by atoms with van der Waals surface area (Å²) >= 11 is 6.10. The van der Waals surface area contributed by atoms with Gasteiger partial charge in [-0.05, 0) is 59.5 Å². The minimum absolute atomic E-state index is 0.0442. The lowest BCUT2D eigenvalue weighted by molar-refractivity contribution is -0.146. The Labute approximate surface area is 193 Å². The van der Waals surface area contributed by atoms with E-state index in [0.717, 1.165) is 0 Å². The molecule has 170 valence electrons. The molecule has 0 fully saturated rings. The van der Waals surface area contributed by atoms with Gasteiger partial charge < -0.3 is 30.1 Å². The van der Waals surface area contributed by atoms with Crippen LogP contribution < -0.4 is 4.74 Å². The monoisotopic (exact) mass is 469 g/mol. The molecule has 33 heavy (non-hydrogen) atoms. The molecule has 1 aliphatic heterocycles. The quantitative estimate of drug-likeness (QED) is 0.195. The van der Waals surface area contributed by atoms with Crippen molar-refractivity contribution in [1.82, 2.24) is 4.90 Å². The molecular formula is C24H20ClNO7. The predicted octanol–water partition coefficient (Wildman–Crippen LogP) is 3.43. The molecule has 0 aromatic heterocycles. The van der Waals surface area contributed by atoms with Crippen molar-refractivity contribution in [3.05, 3.63) is 76.3 Å². The molecule has 0 unspecified atom stereocenters. The van der Waals surface area contributed by atoms with E-state index < -0.39 is 18.1 Å². The van der Waals surface area contributed by atoms with Gasteiger partial charge in [0.25, 0.3) is 0 Å². The fourth-order valence-electron chi connectivity index (χ4n) is 4.01. The first-order chi connectivity index (χ1) is 15.8. The van der Waals surface area contributed by atoms with Crippen LogP contribution in [0.15, 0.2) is 54.6 Å². The average molecular weight is 470 g/mol. The van der Waals surface area contributed by atoms with Gasteiger partial charge in [0.1, 0.15) is 11.8 Å². The average Bonchev–Trinajstić information content (AvgIpc) is 2.78. The summed E-state index contributed by atoms with van der Waals surface area (Å²) in [5.41, 5.74) is 1.66. The van der Waals surface area contributed by atoms with E-state index in [4.69, 9.17) is 16.3 Å². The van der Waals surface area contributed by atoms with Crippen LogP contribution in [0.25, 0.3) is 0 Å². The number of halogens is 1. The highest BCUT2D eigenvalue weighted by atomic mass is 35.5. The van der Waals surface area contributed by atoms with Crippen molar-refractivity contribution >= 4 is 24.0 Å². The zero-order valence-electron chi connectivity index (χ0n) is 17.2. The lowest BCUT2D eigenvalue weighted by Gasteiger charge is -2.40. The van der Waals surface area contributed by atoms with E-state index in [0.29, 0.717) is 23.1 Å². The number of para-hydroxylation sites is 1. The predicted molar refractivity (Wildman–Crippen MR) is 118 cm³/mol. The van der Waals surface area contributed by atoms with Crippen molar-refractivity contribution < 1.29 is 34.8 Å². The minimum atomic E-state index is -1.04. The second kappa shape index (κ2) is 8.91. The summed E-state index contributed by atoms with van der Waals surface area (Å²) in [4.78, 5) is 26.5. The van der Waals surface area contributed by atoms with Gasteiger partial charge in [-0.15, -0.1) is 0 Å². The van der Waals surface area contributed by atoms with Gasteiger partial charge in [-0.25, -0.2) is 4.79 Å². The van der Waals surface area contributed by atoms with Crippen molar-refractivity contribution in [2.75, 3.05) is 0 Å². The fourth-order valence-corrected chi connectivity index (χ4v) is 4.18. The molecule has 8 nitrogen and oxygen atoms in total. The third kappa shape index (κ3) is 4.38. The molecule has 3 aromatic carbocycles. The topological polar surface area (TPSA) is 128 Å². The van der Waals surface area contributed by atoms with E-state index >= 15 is 0 Å². The number of hydrogen-bond acceptors (Lipinski definition) is 7. The maximum atomic E-state index is 13.1. The highest BCUT2D eigenvalue weighted by Gasteiger charge is 2.39. The van der Waals surface area contributed by atoms with E-state index in [1.807, 2.05) is 0 Å². The van der Waals surface area contributed by atoms with Crippen LogP contribution in [0.2, 0.25) is 5.02 Å². The molecule has 3 aromatic rings. The Bertz CT molecular complexity index is 1230. The molecule has 4 rings (SSSR count). The molecule has 4 N–H and O–H groups in total. The maximum absolute atomic E-state index is 13.1. The van der Waals surface area contributed by atoms with Crippen LogP contribution >= 0.6 is 11.6 Å². The van der Waals surface area contributed by atoms with Gasteiger partial charge in [-0.1, -0.05) is 29.8 Å². The van der Waals surface area contributed by atoms with Crippen molar-refractivity contribution in [3.63, 3.8) is 0 Å².